The van der Waals surface area contributed by atoms with Crippen molar-refractivity contribution in [2.75, 3.05) is 18.8 Å². The van der Waals surface area contributed by atoms with Crippen LogP contribution in [0.4, 0.5) is 5.69 Å². The summed E-state index contributed by atoms with van der Waals surface area (Å²) in [6.07, 6.45) is 5.28. The Morgan fingerprint density at radius 3 is 2.69 bits per heavy atom. The lowest BCUT2D eigenvalue weighted by Crippen LogP contribution is -2.38. The first-order valence-electron chi connectivity index (χ1n) is 6.34. The Balaban J connectivity index is 1.84. The molecular formula is C14H22N2. The minimum atomic E-state index is 0.766. The molecule has 0 bridgehead atoms. The van der Waals surface area contributed by atoms with Crippen LogP contribution in [0.15, 0.2) is 24.3 Å². The maximum absolute atomic E-state index is 5.68. The van der Waals surface area contributed by atoms with E-state index in [9.17, 15) is 0 Å². The van der Waals surface area contributed by atoms with E-state index in [0.717, 1.165) is 18.2 Å². The highest BCUT2D eigenvalue weighted by molar-refractivity contribution is 5.39. The molecule has 0 spiro atoms. The van der Waals surface area contributed by atoms with Gasteiger partial charge in [0.15, 0.2) is 0 Å². The molecule has 88 valence electrons. The highest BCUT2D eigenvalue weighted by atomic mass is 15.1. The highest BCUT2D eigenvalue weighted by Crippen LogP contribution is 2.17. The zero-order chi connectivity index (χ0) is 11.4. The first-order chi connectivity index (χ1) is 7.75. The molecule has 1 fully saturated rings. The van der Waals surface area contributed by atoms with Crippen molar-refractivity contribution in [2.45, 2.75) is 38.6 Å². The van der Waals surface area contributed by atoms with E-state index in [-0.39, 0.29) is 0 Å². The van der Waals surface area contributed by atoms with Gasteiger partial charge in [-0.1, -0.05) is 18.6 Å². The van der Waals surface area contributed by atoms with Crippen molar-refractivity contribution in [3.63, 3.8) is 0 Å². The van der Waals surface area contributed by atoms with Gasteiger partial charge in [0.2, 0.25) is 0 Å². The first-order valence-corrected chi connectivity index (χ1v) is 6.34. The molecule has 0 saturated carbocycles. The minimum absolute atomic E-state index is 0.766. The fraction of sp³-hybridized carbons (Fsp3) is 0.571. The van der Waals surface area contributed by atoms with E-state index >= 15 is 0 Å². The van der Waals surface area contributed by atoms with Crippen molar-refractivity contribution in [2.24, 2.45) is 0 Å². The normalized spacial score (nSPS) is 22.2. The van der Waals surface area contributed by atoms with Gasteiger partial charge in [-0.05, 0) is 50.4 Å². The molecule has 16 heavy (non-hydrogen) atoms. The molecule has 0 aromatic heterocycles. The zero-order valence-corrected chi connectivity index (χ0v) is 10.2. The molecule has 2 heteroatoms. The maximum Gasteiger partial charge on any atom is 0.0314 e. The van der Waals surface area contributed by atoms with Gasteiger partial charge in [0.05, 0.1) is 0 Å². The van der Waals surface area contributed by atoms with Crippen molar-refractivity contribution in [3.8, 4) is 0 Å². The number of hydrogen-bond acceptors (Lipinski definition) is 2. The number of nitrogens with two attached hydrogens (primary N) is 1. The van der Waals surface area contributed by atoms with Crippen LogP contribution in [-0.2, 0) is 6.42 Å². The Labute approximate surface area is 98.4 Å². The summed E-state index contributed by atoms with van der Waals surface area (Å²) in [5, 5.41) is 0. The van der Waals surface area contributed by atoms with Crippen LogP contribution >= 0.6 is 0 Å². The van der Waals surface area contributed by atoms with Crippen LogP contribution in [0.3, 0.4) is 0 Å². The molecule has 1 aromatic carbocycles. The number of hydrogen-bond donors (Lipinski definition) is 1. The van der Waals surface area contributed by atoms with Gasteiger partial charge in [-0.2, -0.15) is 0 Å². The van der Waals surface area contributed by atoms with Gasteiger partial charge in [-0.3, -0.25) is 0 Å². The van der Waals surface area contributed by atoms with Gasteiger partial charge >= 0.3 is 0 Å². The standard InChI is InChI=1S/C14H22N2/c1-12-4-2-3-10-16(12)11-9-13-5-7-14(15)8-6-13/h5-8,12H,2-4,9-11,15H2,1H3. The molecule has 1 unspecified atom stereocenters. The Hall–Kier alpha value is -1.02. The molecule has 1 aromatic rings. The third kappa shape index (κ3) is 2.99. The lowest BCUT2D eigenvalue weighted by molar-refractivity contribution is 0.163. The number of likely N-dealkylation sites (tertiary alicyclic amines) is 1. The Bertz CT molecular complexity index is 318. The molecule has 0 radical (unpaired) electrons. The summed E-state index contributed by atoms with van der Waals surface area (Å²) < 4.78 is 0. The second-order valence-corrected chi connectivity index (χ2v) is 4.87. The van der Waals surface area contributed by atoms with Crippen LogP contribution in [0.1, 0.15) is 31.7 Å². The van der Waals surface area contributed by atoms with Gasteiger partial charge < -0.3 is 10.6 Å². The summed E-state index contributed by atoms with van der Waals surface area (Å²) in [5.41, 5.74) is 7.93. The zero-order valence-electron chi connectivity index (χ0n) is 10.2. The molecule has 1 aliphatic heterocycles. The molecule has 1 saturated heterocycles. The lowest BCUT2D eigenvalue weighted by atomic mass is 10.0. The number of nitrogens with zero attached hydrogens (tertiary/aromatic N) is 1. The average molecular weight is 218 g/mol. The van der Waals surface area contributed by atoms with Gasteiger partial charge in [0.1, 0.15) is 0 Å². The third-order valence-electron chi connectivity index (χ3n) is 3.61. The van der Waals surface area contributed by atoms with Crippen molar-refractivity contribution < 1.29 is 0 Å². The summed E-state index contributed by atoms with van der Waals surface area (Å²) in [5.74, 6) is 0. The fourth-order valence-corrected chi connectivity index (χ4v) is 2.45. The van der Waals surface area contributed by atoms with Crippen LogP contribution in [0, 0.1) is 0 Å². The van der Waals surface area contributed by atoms with Crippen molar-refractivity contribution in [1.29, 1.82) is 0 Å². The van der Waals surface area contributed by atoms with E-state index in [1.165, 1.54) is 37.9 Å². The molecule has 2 rings (SSSR count). The lowest BCUT2D eigenvalue weighted by Gasteiger charge is -2.33. The van der Waals surface area contributed by atoms with E-state index in [1.54, 1.807) is 0 Å². The molecule has 0 aliphatic carbocycles. The predicted octanol–water partition coefficient (Wildman–Crippen LogP) is 2.69. The Morgan fingerprint density at radius 2 is 2.00 bits per heavy atom. The van der Waals surface area contributed by atoms with Crippen LogP contribution < -0.4 is 5.73 Å². The molecule has 0 amide bonds. The molecule has 2 nitrogen and oxygen atoms in total. The molecule has 1 atom stereocenters. The Kier molecular flexibility index (Phi) is 3.83. The van der Waals surface area contributed by atoms with E-state index in [1.807, 2.05) is 12.1 Å². The average Bonchev–Trinajstić information content (AvgIpc) is 2.30. The maximum atomic E-state index is 5.68. The number of benzene rings is 1. The number of rotatable bonds is 3. The fourth-order valence-electron chi connectivity index (χ4n) is 2.45. The summed E-state index contributed by atoms with van der Waals surface area (Å²) in [7, 11) is 0. The largest absolute Gasteiger partial charge is 0.399 e. The van der Waals surface area contributed by atoms with Crippen molar-refractivity contribution in [1.82, 2.24) is 4.90 Å². The SMILES string of the molecule is CC1CCCCN1CCc1ccc(N)cc1. The predicted molar refractivity (Wildman–Crippen MR) is 69.4 cm³/mol. The quantitative estimate of drug-likeness (QED) is 0.790. The number of piperidine rings is 1. The van der Waals surface area contributed by atoms with Gasteiger partial charge in [-0.25, -0.2) is 0 Å². The van der Waals surface area contributed by atoms with Gasteiger partial charge in [-0.15, -0.1) is 0 Å². The smallest absolute Gasteiger partial charge is 0.0314 e. The van der Waals surface area contributed by atoms with E-state index in [4.69, 9.17) is 5.73 Å². The number of nitrogen functional groups attached to an aromatic ring is 1. The Morgan fingerprint density at radius 1 is 1.25 bits per heavy atom. The monoisotopic (exact) mass is 218 g/mol. The van der Waals surface area contributed by atoms with Crippen LogP contribution in [0.25, 0.3) is 0 Å². The second kappa shape index (κ2) is 5.35. The highest BCUT2D eigenvalue weighted by Gasteiger charge is 2.17. The van der Waals surface area contributed by atoms with Crippen LogP contribution in [0.2, 0.25) is 0 Å². The topological polar surface area (TPSA) is 29.3 Å². The summed E-state index contributed by atoms with van der Waals surface area (Å²) in [6.45, 7) is 4.81. The summed E-state index contributed by atoms with van der Waals surface area (Å²) >= 11 is 0. The van der Waals surface area contributed by atoms with E-state index in [2.05, 4.69) is 24.0 Å². The van der Waals surface area contributed by atoms with Crippen LogP contribution in [0.5, 0.6) is 0 Å². The van der Waals surface area contributed by atoms with E-state index in [0.29, 0.717) is 0 Å². The van der Waals surface area contributed by atoms with E-state index < -0.39 is 0 Å². The molecule has 1 heterocycles. The van der Waals surface area contributed by atoms with Gasteiger partial charge in [0, 0.05) is 18.3 Å². The summed E-state index contributed by atoms with van der Waals surface area (Å²) in [4.78, 5) is 2.61. The van der Waals surface area contributed by atoms with Gasteiger partial charge in [0.25, 0.3) is 0 Å². The molecular weight excluding hydrogens is 196 g/mol. The van der Waals surface area contributed by atoms with Crippen molar-refractivity contribution in [3.05, 3.63) is 29.8 Å². The molecule has 2 N–H and O–H groups in total. The molecule has 1 aliphatic rings. The minimum Gasteiger partial charge on any atom is -0.399 e. The summed E-state index contributed by atoms with van der Waals surface area (Å²) in [6, 6.07) is 9.04. The third-order valence-corrected chi connectivity index (χ3v) is 3.61. The van der Waals surface area contributed by atoms with Crippen molar-refractivity contribution >= 4 is 5.69 Å². The van der Waals surface area contributed by atoms with Crippen LogP contribution in [-0.4, -0.2) is 24.0 Å². The number of anilines is 1. The first kappa shape index (κ1) is 11.5. The second-order valence-electron chi connectivity index (χ2n) is 4.87.